The van der Waals surface area contributed by atoms with E-state index in [0.29, 0.717) is 12.3 Å². The fourth-order valence-corrected chi connectivity index (χ4v) is 1.21. The molecule has 0 bridgehead atoms. The molecule has 0 fully saturated rings. The first-order valence-corrected chi connectivity index (χ1v) is 4.65. The summed E-state index contributed by atoms with van der Waals surface area (Å²) in [4.78, 5) is 0. The molecule has 0 saturated carbocycles. The van der Waals surface area contributed by atoms with Crippen LogP contribution in [0.4, 0.5) is 0 Å². The molecular formula is C7H14Cl2O3. The van der Waals surface area contributed by atoms with Crippen molar-refractivity contribution >= 4 is 23.2 Å². The third kappa shape index (κ3) is 4.48. The minimum absolute atomic E-state index is 0.119. The van der Waals surface area contributed by atoms with E-state index < -0.39 is 17.6 Å². The Labute approximate surface area is 82.2 Å². The second-order valence-electron chi connectivity index (χ2n) is 2.51. The lowest BCUT2D eigenvalue weighted by Crippen LogP contribution is -2.36. The molecular weight excluding hydrogens is 203 g/mol. The standard InChI is InChI=1S/C7H14Cl2O3/c1-12-4-6(11)7(9)5(10)2-3-8/h5-7,10-11H,2-4H2,1H3. The van der Waals surface area contributed by atoms with Gasteiger partial charge in [0.15, 0.2) is 0 Å². The van der Waals surface area contributed by atoms with Gasteiger partial charge in [0.25, 0.3) is 0 Å². The molecule has 0 aromatic heterocycles. The topological polar surface area (TPSA) is 49.7 Å². The molecule has 74 valence electrons. The van der Waals surface area contributed by atoms with E-state index >= 15 is 0 Å². The van der Waals surface area contributed by atoms with Gasteiger partial charge in [-0.25, -0.2) is 0 Å². The highest BCUT2D eigenvalue weighted by Crippen LogP contribution is 2.12. The Morgan fingerprint density at radius 2 is 1.92 bits per heavy atom. The molecule has 0 saturated heterocycles. The molecule has 0 aromatic carbocycles. The Morgan fingerprint density at radius 1 is 1.33 bits per heavy atom. The smallest absolute Gasteiger partial charge is 0.0961 e. The van der Waals surface area contributed by atoms with Crippen molar-refractivity contribution in [2.24, 2.45) is 0 Å². The van der Waals surface area contributed by atoms with Crippen molar-refractivity contribution in [1.29, 1.82) is 0 Å². The molecule has 3 atom stereocenters. The summed E-state index contributed by atoms with van der Waals surface area (Å²) in [5.41, 5.74) is 0. The molecule has 0 aliphatic heterocycles. The van der Waals surface area contributed by atoms with Crippen molar-refractivity contribution < 1.29 is 14.9 Å². The summed E-state index contributed by atoms with van der Waals surface area (Å²) in [5, 5.41) is 17.8. The summed E-state index contributed by atoms with van der Waals surface area (Å²) in [6.07, 6.45) is -1.26. The van der Waals surface area contributed by atoms with Gasteiger partial charge in [0.2, 0.25) is 0 Å². The van der Waals surface area contributed by atoms with Crippen LogP contribution >= 0.6 is 23.2 Å². The Balaban J connectivity index is 3.73. The molecule has 5 heteroatoms. The Kier molecular flexibility index (Phi) is 7.19. The molecule has 0 amide bonds. The average Bonchev–Trinajstić information content (AvgIpc) is 2.04. The van der Waals surface area contributed by atoms with Gasteiger partial charge in [0.05, 0.1) is 24.2 Å². The molecule has 0 aliphatic carbocycles. The molecule has 3 nitrogen and oxygen atoms in total. The van der Waals surface area contributed by atoms with Gasteiger partial charge in [0.1, 0.15) is 0 Å². The molecule has 0 heterocycles. The number of hydrogen-bond donors (Lipinski definition) is 2. The van der Waals surface area contributed by atoms with Gasteiger partial charge >= 0.3 is 0 Å². The minimum atomic E-state index is -0.852. The second kappa shape index (κ2) is 6.92. The van der Waals surface area contributed by atoms with Gasteiger partial charge in [-0.3, -0.25) is 0 Å². The molecule has 0 rings (SSSR count). The zero-order valence-corrected chi connectivity index (χ0v) is 8.42. The number of aliphatic hydroxyl groups excluding tert-OH is 2. The van der Waals surface area contributed by atoms with Crippen molar-refractivity contribution in [3.8, 4) is 0 Å². The molecule has 0 radical (unpaired) electrons. The third-order valence-corrected chi connectivity index (χ3v) is 2.28. The summed E-state index contributed by atoms with van der Waals surface area (Å²) in [7, 11) is 1.46. The van der Waals surface area contributed by atoms with Crippen LogP contribution in [0.15, 0.2) is 0 Å². The monoisotopic (exact) mass is 216 g/mol. The average molecular weight is 217 g/mol. The maximum Gasteiger partial charge on any atom is 0.0961 e. The quantitative estimate of drug-likeness (QED) is 0.640. The van der Waals surface area contributed by atoms with Crippen LogP contribution in [-0.2, 0) is 4.74 Å². The number of alkyl halides is 2. The number of rotatable bonds is 6. The van der Waals surface area contributed by atoms with E-state index in [4.69, 9.17) is 23.2 Å². The van der Waals surface area contributed by atoms with Crippen LogP contribution < -0.4 is 0 Å². The van der Waals surface area contributed by atoms with Gasteiger partial charge < -0.3 is 14.9 Å². The van der Waals surface area contributed by atoms with Gasteiger partial charge in [-0.05, 0) is 6.42 Å². The van der Waals surface area contributed by atoms with E-state index in [0.717, 1.165) is 0 Å². The highest BCUT2D eigenvalue weighted by molar-refractivity contribution is 6.21. The lowest BCUT2D eigenvalue weighted by atomic mass is 10.1. The fourth-order valence-electron chi connectivity index (χ4n) is 0.790. The van der Waals surface area contributed by atoms with Crippen molar-refractivity contribution in [1.82, 2.24) is 0 Å². The van der Waals surface area contributed by atoms with Crippen LogP contribution in [0.1, 0.15) is 6.42 Å². The minimum Gasteiger partial charge on any atom is -0.391 e. The normalized spacial score (nSPS) is 18.8. The van der Waals surface area contributed by atoms with Crippen molar-refractivity contribution in [2.45, 2.75) is 24.0 Å². The molecule has 0 aromatic rings. The highest BCUT2D eigenvalue weighted by Gasteiger charge is 2.23. The van der Waals surface area contributed by atoms with Crippen LogP contribution in [0.25, 0.3) is 0 Å². The lowest BCUT2D eigenvalue weighted by Gasteiger charge is -2.20. The number of hydrogen-bond acceptors (Lipinski definition) is 3. The van der Waals surface area contributed by atoms with Crippen molar-refractivity contribution in [3.05, 3.63) is 0 Å². The fraction of sp³-hybridized carbons (Fsp3) is 1.00. The van der Waals surface area contributed by atoms with Crippen LogP contribution in [0.5, 0.6) is 0 Å². The highest BCUT2D eigenvalue weighted by atomic mass is 35.5. The van der Waals surface area contributed by atoms with E-state index in [-0.39, 0.29) is 6.61 Å². The van der Waals surface area contributed by atoms with E-state index in [2.05, 4.69) is 4.74 Å². The SMILES string of the molecule is COCC(O)C(Cl)C(O)CCCl. The number of methoxy groups -OCH3 is 1. The maximum absolute atomic E-state index is 9.28. The summed E-state index contributed by atoms with van der Waals surface area (Å²) in [6, 6.07) is 0. The summed E-state index contributed by atoms with van der Waals surface area (Å²) >= 11 is 11.1. The number of ether oxygens (including phenoxy) is 1. The molecule has 3 unspecified atom stereocenters. The van der Waals surface area contributed by atoms with Gasteiger partial charge in [-0.2, -0.15) is 0 Å². The van der Waals surface area contributed by atoms with Gasteiger partial charge in [0, 0.05) is 13.0 Å². The van der Waals surface area contributed by atoms with Crippen LogP contribution in [0.3, 0.4) is 0 Å². The predicted molar refractivity (Wildman–Crippen MR) is 48.9 cm³/mol. The zero-order valence-electron chi connectivity index (χ0n) is 6.91. The first kappa shape index (κ1) is 12.5. The number of aliphatic hydroxyl groups is 2. The summed E-state index contributed by atoms with van der Waals surface area (Å²) < 4.78 is 4.67. The van der Waals surface area contributed by atoms with Crippen LogP contribution in [0, 0.1) is 0 Å². The Hall–Kier alpha value is 0.460. The Morgan fingerprint density at radius 3 is 2.33 bits per heavy atom. The first-order chi connectivity index (χ1) is 5.63. The van der Waals surface area contributed by atoms with E-state index in [1.165, 1.54) is 7.11 Å². The van der Waals surface area contributed by atoms with E-state index in [1.807, 2.05) is 0 Å². The molecule has 0 spiro atoms. The zero-order chi connectivity index (χ0) is 9.56. The molecule has 2 N–H and O–H groups in total. The van der Waals surface area contributed by atoms with Crippen LogP contribution in [0.2, 0.25) is 0 Å². The largest absolute Gasteiger partial charge is 0.391 e. The number of halogens is 2. The van der Waals surface area contributed by atoms with Crippen molar-refractivity contribution in [2.75, 3.05) is 19.6 Å². The van der Waals surface area contributed by atoms with Gasteiger partial charge in [-0.1, -0.05) is 0 Å². The lowest BCUT2D eigenvalue weighted by molar-refractivity contribution is 0.0281. The van der Waals surface area contributed by atoms with E-state index in [9.17, 15) is 10.2 Å². The van der Waals surface area contributed by atoms with Crippen LogP contribution in [-0.4, -0.2) is 47.4 Å². The second-order valence-corrected chi connectivity index (χ2v) is 3.39. The van der Waals surface area contributed by atoms with Gasteiger partial charge in [-0.15, -0.1) is 23.2 Å². The predicted octanol–water partition coefficient (Wildman–Crippen LogP) is 0.591. The third-order valence-electron chi connectivity index (χ3n) is 1.48. The van der Waals surface area contributed by atoms with E-state index in [1.54, 1.807) is 0 Å². The first-order valence-electron chi connectivity index (χ1n) is 3.68. The van der Waals surface area contributed by atoms with Crippen molar-refractivity contribution in [3.63, 3.8) is 0 Å². The summed E-state index contributed by atoms with van der Waals surface area (Å²) in [6.45, 7) is 0.119. The Bertz CT molecular complexity index is 101. The molecule has 0 aliphatic rings. The summed E-state index contributed by atoms with van der Waals surface area (Å²) in [5.74, 6) is 0.324. The maximum atomic E-state index is 9.28. The molecule has 12 heavy (non-hydrogen) atoms.